The zero-order valence-electron chi connectivity index (χ0n) is 37.7. The lowest BCUT2D eigenvalue weighted by atomic mass is 10.0. The highest BCUT2D eigenvalue weighted by Crippen LogP contribution is 2.36. The number of fused-ring (bicyclic) bond motifs is 2. The van der Waals surface area contributed by atoms with Crippen molar-refractivity contribution in [3.8, 4) is 45.0 Å². The number of benzene rings is 4. The molecule has 0 aliphatic carbocycles. The molecule has 10 aromatic rings. The first-order valence-corrected chi connectivity index (χ1v) is 21.7. The topological polar surface area (TPSA) is 119 Å². The molecule has 0 unspecified atom stereocenters. The van der Waals surface area contributed by atoms with Crippen LogP contribution in [-0.4, -0.2) is 40.6 Å². The van der Waals surface area contributed by atoms with Crippen LogP contribution in [0.2, 0.25) is 0 Å². The van der Waals surface area contributed by atoms with Crippen molar-refractivity contribution in [3.63, 3.8) is 0 Å². The zero-order chi connectivity index (χ0) is 50.1. The molecule has 0 aliphatic rings. The van der Waals surface area contributed by atoms with E-state index in [1.54, 1.807) is 71.5 Å². The zero-order valence-corrected chi connectivity index (χ0v) is 37.7. The van der Waals surface area contributed by atoms with Gasteiger partial charge in [-0.05, 0) is 111 Å². The molecule has 0 aliphatic heterocycles. The third-order valence-electron chi connectivity index (χ3n) is 11.5. The molecule has 0 atom stereocenters. The number of nitrogens with zero attached hydrogens (tertiary/aromatic N) is 6. The maximum atomic E-state index is 14.4. The number of nitrogens with one attached hydrogen (secondary N) is 2. The molecule has 0 saturated heterocycles. The Morgan fingerprint density at radius 1 is 0.500 bits per heavy atom. The smallest absolute Gasteiger partial charge is 0.322 e. The molecule has 0 fully saturated rings. The van der Waals surface area contributed by atoms with Gasteiger partial charge in [-0.3, -0.25) is 28.4 Å². The second-order valence-electron chi connectivity index (χ2n) is 16.4. The standard InChI is InChI=1S/C27H17F5N4O.C27H20F2N4O.CH4/c1-15-7-9-16(10-8-15)35-26(37)19-12-22(33-13-20(19)27(30,31)32)17-5-3-11-36-23(14-34-25(17)36)18-4-2-6-21(28)24(18)29;1-16-8-10-18(11-9-16)32-27(34)21-13-23(30-14-17(21)2)19-6-4-12-33-24(15-31-26(19)33)20-5-3-7-22(28)25(20)29;/h2-14H,1H3,(H,35,37);3-15H,1-2H3,(H,32,34);1H4. The number of hydrogen-bond acceptors (Lipinski definition) is 6. The molecule has 0 radical (unpaired) electrons. The van der Waals surface area contributed by atoms with E-state index in [4.69, 9.17) is 0 Å². The van der Waals surface area contributed by atoms with E-state index in [1.807, 2.05) is 51.1 Å². The van der Waals surface area contributed by atoms with Gasteiger partial charge in [0.2, 0.25) is 0 Å². The minimum Gasteiger partial charge on any atom is -0.322 e. The van der Waals surface area contributed by atoms with Gasteiger partial charge in [0.05, 0.1) is 46.3 Å². The first-order valence-electron chi connectivity index (χ1n) is 21.7. The lowest BCUT2D eigenvalue weighted by molar-refractivity contribution is -0.138. The number of aryl methyl sites for hydroxylation is 3. The second-order valence-corrected chi connectivity index (χ2v) is 16.4. The van der Waals surface area contributed by atoms with Crippen molar-refractivity contribution in [2.24, 2.45) is 0 Å². The average molecular weight is 979 g/mol. The second kappa shape index (κ2) is 20.2. The van der Waals surface area contributed by atoms with E-state index in [0.717, 1.165) is 34.9 Å². The largest absolute Gasteiger partial charge is 0.418 e. The third-order valence-corrected chi connectivity index (χ3v) is 11.5. The number of pyridine rings is 4. The normalized spacial score (nSPS) is 11.2. The Labute approximate surface area is 407 Å². The number of alkyl halides is 3. The molecule has 362 valence electrons. The number of carbonyl (C=O) groups is 2. The van der Waals surface area contributed by atoms with Crippen LogP contribution in [0.25, 0.3) is 56.3 Å². The predicted octanol–water partition coefficient (Wildman–Crippen LogP) is 13.8. The molecule has 0 bridgehead atoms. The number of imidazole rings is 2. The van der Waals surface area contributed by atoms with E-state index < -0.39 is 46.5 Å². The molecule has 0 saturated carbocycles. The highest BCUT2D eigenvalue weighted by Gasteiger charge is 2.36. The van der Waals surface area contributed by atoms with E-state index in [-0.39, 0.29) is 41.5 Å². The van der Waals surface area contributed by atoms with E-state index >= 15 is 0 Å². The summed E-state index contributed by atoms with van der Waals surface area (Å²) >= 11 is 0. The molecule has 2 N–H and O–H groups in total. The van der Waals surface area contributed by atoms with Crippen molar-refractivity contribution < 1.29 is 40.3 Å². The van der Waals surface area contributed by atoms with Crippen molar-refractivity contribution in [2.45, 2.75) is 34.4 Å². The Bertz CT molecular complexity index is 3660. The quantitative estimate of drug-likeness (QED) is 0.146. The number of anilines is 2. The van der Waals surface area contributed by atoms with Gasteiger partial charge in [-0.25, -0.2) is 27.5 Å². The van der Waals surface area contributed by atoms with Crippen LogP contribution < -0.4 is 10.6 Å². The maximum Gasteiger partial charge on any atom is 0.418 e. The van der Waals surface area contributed by atoms with Crippen LogP contribution in [0.3, 0.4) is 0 Å². The monoisotopic (exact) mass is 978 g/mol. The highest BCUT2D eigenvalue weighted by molar-refractivity contribution is 6.07. The lowest BCUT2D eigenvalue weighted by Gasteiger charge is -2.14. The van der Waals surface area contributed by atoms with Crippen LogP contribution in [0.4, 0.5) is 42.1 Å². The molecule has 10 rings (SSSR count). The van der Waals surface area contributed by atoms with Crippen LogP contribution in [0.15, 0.2) is 159 Å². The molecular weight excluding hydrogens is 938 g/mol. The van der Waals surface area contributed by atoms with Gasteiger partial charge in [-0.2, -0.15) is 13.2 Å². The van der Waals surface area contributed by atoms with E-state index in [2.05, 4.69) is 30.6 Å². The molecule has 4 aromatic carbocycles. The Hall–Kier alpha value is -8.99. The average Bonchev–Trinajstić information content (AvgIpc) is 4.00. The van der Waals surface area contributed by atoms with Crippen molar-refractivity contribution in [2.75, 3.05) is 10.6 Å². The first-order chi connectivity index (χ1) is 34.0. The maximum absolute atomic E-state index is 14.4. The fourth-order valence-electron chi connectivity index (χ4n) is 7.83. The van der Waals surface area contributed by atoms with E-state index in [9.17, 15) is 40.3 Å². The van der Waals surface area contributed by atoms with Gasteiger partial charge < -0.3 is 10.6 Å². The fourth-order valence-corrected chi connectivity index (χ4v) is 7.83. The summed E-state index contributed by atoms with van der Waals surface area (Å²) < 4.78 is 101. The van der Waals surface area contributed by atoms with Crippen LogP contribution in [0.1, 0.15) is 50.4 Å². The van der Waals surface area contributed by atoms with Gasteiger partial charge in [0.1, 0.15) is 11.3 Å². The lowest BCUT2D eigenvalue weighted by Crippen LogP contribution is -2.19. The van der Waals surface area contributed by atoms with Crippen molar-refractivity contribution in [1.29, 1.82) is 0 Å². The minimum atomic E-state index is -4.83. The van der Waals surface area contributed by atoms with Crippen molar-refractivity contribution in [3.05, 3.63) is 215 Å². The molecule has 10 nitrogen and oxygen atoms in total. The van der Waals surface area contributed by atoms with Crippen molar-refractivity contribution >= 4 is 34.5 Å². The van der Waals surface area contributed by atoms with Crippen molar-refractivity contribution in [1.82, 2.24) is 28.7 Å². The summed E-state index contributed by atoms with van der Waals surface area (Å²) in [6.45, 7) is 5.64. The first kappa shape index (κ1) is 49.4. The Kier molecular flexibility index (Phi) is 13.8. The minimum absolute atomic E-state index is 0. The number of hydrogen-bond donors (Lipinski definition) is 2. The third kappa shape index (κ3) is 9.90. The Balaban J connectivity index is 0.000000191. The van der Waals surface area contributed by atoms with Gasteiger partial charge >= 0.3 is 6.18 Å². The summed E-state index contributed by atoms with van der Waals surface area (Å²) in [5, 5.41) is 5.40. The Morgan fingerprint density at radius 3 is 1.38 bits per heavy atom. The molecule has 6 heterocycles. The summed E-state index contributed by atoms with van der Waals surface area (Å²) in [7, 11) is 0. The predicted molar refractivity (Wildman–Crippen MR) is 262 cm³/mol. The molecule has 17 heteroatoms. The molecule has 2 amide bonds. The van der Waals surface area contributed by atoms with Gasteiger partial charge in [0.25, 0.3) is 11.8 Å². The Morgan fingerprint density at radius 2 is 0.917 bits per heavy atom. The molecule has 72 heavy (non-hydrogen) atoms. The molecule has 0 spiro atoms. The van der Waals surface area contributed by atoms with Gasteiger partial charge in [-0.1, -0.05) is 55.0 Å². The SMILES string of the molecule is C.Cc1ccc(NC(=O)c2cc(-c3cccn4c(-c5cccc(F)c5F)cnc34)ncc2C(F)(F)F)cc1.Cc1ccc(NC(=O)c2cc(-c3cccn4c(-c5cccc(F)c5F)cnc34)ncc2C)cc1. The number of carbonyl (C=O) groups excluding carboxylic acids is 2. The van der Waals surface area contributed by atoms with Gasteiger partial charge in [-0.15, -0.1) is 0 Å². The fraction of sp³-hybridized carbons (Fsp3) is 0.0909. The summed E-state index contributed by atoms with van der Waals surface area (Å²) in [4.78, 5) is 43.1. The van der Waals surface area contributed by atoms with Crippen LogP contribution in [-0.2, 0) is 6.18 Å². The summed E-state index contributed by atoms with van der Waals surface area (Å²) in [5.41, 5.74) is 5.47. The van der Waals surface area contributed by atoms with Gasteiger partial charge in [0.15, 0.2) is 23.3 Å². The number of amides is 2. The van der Waals surface area contributed by atoms with Crippen LogP contribution in [0, 0.1) is 44.0 Å². The number of rotatable bonds is 8. The number of halogens is 7. The van der Waals surface area contributed by atoms with Crippen LogP contribution >= 0.6 is 0 Å². The number of aromatic nitrogens is 6. The molecule has 6 aromatic heterocycles. The summed E-state index contributed by atoms with van der Waals surface area (Å²) in [6.07, 6.45) is 3.51. The van der Waals surface area contributed by atoms with E-state index in [1.165, 1.54) is 41.1 Å². The molecular formula is C55H41F7N8O2. The van der Waals surface area contributed by atoms with E-state index in [0.29, 0.717) is 51.3 Å². The van der Waals surface area contributed by atoms with Gasteiger partial charge in [0, 0.05) is 64.0 Å². The highest BCUT2D eigenvalue weighted by atomic mass is 19.4. The van der Waals surface area contributed by atoms with Crippen LogP contribution in [0.5, 0.6) is 0 Å². The summed E-state index contributed by atoms with van der Waals surface area (Å²) in [5.74, 6) is -5.15. The summed E-state index contributed by atoms with van der Waals surface area (Å²) in [6, 6.07) is 31.4.